The highest BCUT2D eigenvalue weighted by atomic mass is 16.4. The van der Waals surface area contributed by atoms with Crippen LogP contribution in [0.15, 0.2) is 18.2 Å². The minimum absolute atomic E-state index is 0.0284. The van der Waals surface area contributed by atoms with E-state index in [0.29, 0.717) is 0 Å². The first-order valence-electron chi connectivity index (χ1n) is 5.28. The molecule has 0 heterocycles. The van der Waals surface area contributed by atoms with Gasteiger partial charge in [-0.2, -0.15) is 0 Å². The van der Waals surface area contributed by atoms with Gasteiger partial charge in [0.2, 0.25) is 0 Å². The zero-order valence-electron chi connectivity index (χ0n) is 9.41. The lowest BCUT2D eigenvalue weighted by atomic mass is 9.63. The van der Waals surface area contributed by atoms with Crippen molar-refractivity contribution in [1.29, 1.82) is 0 Å². The number of aryl methyl sites for hydroxylation is 2. The molecule has 1 aliphatic carbocycles. The average molecular weight is 218 g/mol. The van der Waals surface area contributed by atoms with Gasteiger partial charge in [0.1, 0.15) is 11.2 Å². The van der Waals surface area contributed by atoms with Gasteiger partial charge in [0, 0.05) is 12.8 Å². The second kappa shape index (κ2) is 3.44. The number of carboxylic acid groups (broad SMARTS) is 1. The number of benzene rings is 1. The average Bonchev–Trinajstić information content (AvgIpc) is 2.17. The van der Waals surface area contributed by atoms with Crippen molar-refractivity contribution in [2.75, 3.05) is 0 Å². The molecule has 1 N–H and O–H groups in total. The highest BCUT2D eigenvalue weighted by molar-refractivity contribution is 6.01. The van der Waals surface area contributed by atoms with Gasteiger partial charge in [-0.3, -0.25) is 9.59 Å². The summed E-state index contributed by atoms with van der Waals surface area (Å²) in [6, 6.07) is 5.62. The third kappa shape index (κ3) is 1.43. The van der Waals surface area contributed by atoms with Crippen LogP contribution in [-0.2, 0) is 15.0 Å². The normalized spacial score (nSPS) is 18.0. The molecule has 1 aromatic carbocycles. The van der Waals surface area contributed by atoms with E-state index >= 15 is 0 Å². The van der Waals surface area contributed by atoms with E-state index in [4.69, 9.17) is 0 Å². The van der Waals surface area contributed by atoms with Crippen LogP contribution in [0.3, 0.4) is 0 Å². The van der Waals surface area contributed by atoms with Crippen molar-refractivity contribution in [3.63, 3.8) is 0 Å². The summed E-state index contributed by atoms with van der Waals surface area (Å²) in [4.78, 5) is 22.4. The van der Waals surface area contributed by atoms with E-state index in [0.717, 1.165) is 16.7 Å². The lowest BCUT2D eigenvalue weighted by molar-refractivity contribution is -0.153. The molecule has 1 aliphatic rings. The predicted octanol–water partition coefficient (Wildman–Crippen LogP) is 1.99. The monoisotopic (exact) mass is 218 g/mol. The summed E-state index contributed by atoms with van der Waals surface area (Å²) < 4.78 is 0. The van der Waals surface area contributed by atoms with E-state index < -0.39 is 11.4 Å². The highest BCUT2D eigenvalue weighted by Crippen LogP contribution is 2.42. The van der Waals surface area contributed by atoms with Crippen LogP contribution in [0.25, 0.3) is 0 Å². The Morgan fingerprint density at radius 2 is 1.88 bits per heavy atom. The maximum atomic E-state index is 11.3. The number of carbonyl (C=O) groups excluding carboxylic acids is 1. The molecule has 0 amide bonds. The lowest BCUT2D eigenvalue weighted by Crippen LogP contribution is -2.48. The van der Waals surface area contributed by atoms with Crippen molar-refractivity contribution in [3.8, 4) is 0 Å². The third-order valence-corrected chi connectivity index (χ3v) is 3.47. The van der Waals surface area contributed by atoms with Gasteiger partial charge in [-0.15, -0.1) is 0 Å². The van der Waals surface area contributed by atoms with Crippen molar-refractivity contribution in [1.82, 2.24) is 0 Å². The fourth-order valence-corrected chi connectivity index (χ4v) is 2.14. The molecule has 84 valence electrons. The number of carbonyl (C=O) groups is 2. The zero-order valence-corrected chi connectivity index (χ0v) is 9.41. The second-order valence-electron chi connectivity index (χ2n) is 4.58. The number of aliphatic carboxylic acids is 1. The molecular weight excluding hydrogens is 204 g/mol. The SMILES string of the molecule is Cc1ccc(C2(C(=O)O)CC(=O)C2)cc1C. The van der Waals surface area contributed by atoms with E-state index in [9.17, 15) is 14.7 Å². The molecule has 16 heavy (non-hydrogen) atoms. The summed E-state index contributed by atoms with van der Waals surface area (Å²) in [7, 11) is 0. The van der Waals surface area contributed by atoms with Gasteiger partial charge in [0.15, 0.2) is 0 Å². The molecule has 0 saturated heterocycles. The van der Waals surface area contributed by atoms with Crippen molar-refractivity contribution in [2.24, 2.45) is 0 Å². The first kappa shape index (κ1) is 10.9. The lowest BCUT2D eigenvalue weighted by Gasteiger charge is -2.36. The van der Waals surface area contributed by atoms with Crippen LogP contribution in [0.5, 0.6) is 0 Å². The summed E-state index contributed by atoms with van der Waals surface area (Å²) in [5.41, 5.74) is 1.99. The standard InChI is InChI=1S/C13H14O3/c1-8-3-4-10(5-9(8)2)13(12(15)16)6-11(14)7-13/h3-5H,6-7H2,1-2H3,(H,15,16). The van der Waals surface area contributed by atoms with Gasteiger partial charge in [-0.25, -0.2) is 0 Å². The summed E-state index contributed by atoms with van der Waals surface area (Å²) in [5, 5.41) is 9.26. The van der Waals surface area contributed by atoms with Gasteiger partial charge in [-0.05, 0) is 30.5 Å². The topological polar surface area (TPSA) is 54.4 Å². The predicted molar refractivity (Wildman–Crippen MR) is 59.5 cm³/mol. The first-order valence-corrected chi connectivity index (χ1v) is 5.28. The number of carboxylic acids is 1. The number of ketones is 1. The third-order valence-electron chi connectivity index (χ3n) is 3.47. The smallest absolute Gasteiger partial charge is 0.315 e. The minimum Gasteiger partial charge on any atom is -0.481 e. The molecule has 0 unspecified atom stereocenters. The van der Waals surface area contributed by atoms with Crippen molar-refractivity contribution in [2.45, 2.75) is 32.1 Å². The van der Waals surface area contributed by atoms with Gasteiger partial charge in [0.25, 0.3) is 0 Å². The van der Waals surface area contributed by atoms with Crippen molar-refractivity contribution < 1.29 is 14.7 Å². The number of Topliss-reactive ketones (excluding diaryl/α,β-unsaturated/α-hetero) is 1. The van der Waals surface area contributed by atoms with Gasteiger partial charge in [0.05, 0.1) is 0 Å². The molecular formula is C13H14O3. The molecule has 1 fully saturated rings. The van der Waals surface area contributed by atoms with Crippen LogP contribution < -0.4 is 0 Å². The Bertz CT molecular complexity index is 466. The van der Waals surface area contributed by atoms with E-state index in [1.807, 2.05) is 32.0 Å². The first-order chi connectivity index (χ1) is 7.45. The van der Waals surface area contributed by atoms with Gasteiger partial charge < -0.3 is 5.11 Å². The Labute approximate surface area is 94.1 Å². The number of hydrogen-bond donors (Lipinski definition) is 1. The molecule has 0 aliphatic heterocycles. The van der Waals surface area contributed by atoms with Crippen LogP contribution in [0.4, 0.5) is 0 Å². The fourth-order valence-electron chi connectivity index (χ4n) is 2.14. The maximum Gasteiger partial charge on any atom is 0.315 e. The number of hydrogen-bond acceptors (Lipinski definition) is 2. The van der Waals surface area contributed by atoms with Crippen LogP contribution in [0.1, 0.15) is 29.5 Å². The molecule has 2 rings (SSSR count). The van der Waals surface area contributed by atoms with Crippen LogP contribution in [0, 0.1) is 13.8 Å². The van der Waals surface area contributed by atoms with Crippen LogP contribution >= 0.6 is 0 Å². The maximum absolute atomic E-state index is 11.3. The Hall–Kier alpha value is -1.64. The molecule has 3 nitrogen and oxygen atoms in total. The fraction of sp³-hybridized carbons (Fsp3) is 0.385. The number of rotatable bonds is 2. The van der Waals surface area contributed by atoms with E-state index in [1.165, 1.54) is 0 Å². The molecule has 0 radical (unpaired) electrons. The van der Waals surface area contributed by atoms with E-state index in [2.05, 4.69) is 0 Å². The molecule has 0 atom stereocenters. The zero-order chi connectivity index (χ0) is 11.9. The van der Waals surface area contributed by atoms with E-state index in [-0.39, 0.29) is 18.6 Å². The quantitative estimate of drug-likeness (QED) is 0.825. The summed E-state index contributed by atoms with van der Waals surface area (Å²) in [6.45, 7) is 3.94. The Morgan fingerprint density at radius 1 is 1.25 bits per heavy atom. The summed E-state index contributed by atoms with van der Waals surface area (Å²) in [6.07, 6.45) is 0.260. The van der Waals surface area contributed by atoms with E-state index in [1.54, 1.807) is 0 Å². The second-order valence-corrected chi connectivity index (χ2v) is 4.58. The minimum atomic E-state index is -0.963. The van der Waals surface area contributed by atoms with Crippen molar-refractivity contribution >= 4 is 11.8 Å². The molecule has 3 heteroatoms. The van der Waals surface area contributed by atoms with Crippen LogP contribution in [-0.4, -0.2) is 16.9 Å². The Morgan fingerprint density at radius 3 is 2.31 bits per heavy atom. The van der Waals surface area contributed by atoms with Gasteiger partial charge in [-0.1, -0.05) is 18.2 Å². The Balaban J connectivity index is 2.45. The molecule has 1 aromatic rings. The molecule has 0 bridgehead atoms. The van der Waals surface area contributed by atoms with Gasteiger partial charge >= 0.3 is 5.97 Å². The summed E-state index contributed by atoms with van der Waals surface area (Å²) in [5.74, 6) is -0.865. The highest BCUT2D eigenvalue weighted by Gasteiger charge is 2.51. The molecule has 1 saturated carbocycles. The van der Waals surface area contributed by atoms with Crippen molar-refractivity contribution in [3.05, 3.63) is 34.9 Å². The van der Waals surface area contributed by atoms with Crippen LogP contribution in [0.2, 0.25) is 0 Å². The molecule has 0 spiro atoms. The largest absolute Gasteiger partial charge is 0.481 e. The molecule has 0 aromatic heterocycles. The summed E-state index contributed by atoms with van der Waals surface area (Å²) >= 11 is 0. The Kier molecular flexibility index (Phi) is 2.34.